The number of anilines is 1. The van der Waals surface area contributed by atoms with Gasteiger partial charge in [0, 0.05) is 29.2 Å². The number of carbonyl (C=O) groups excluding carboxylic acids is 3. The number of ketones is 1. The van der Waals surface area contributed by atoms with Gasteiger partial charge < -0.3 is 14.6 Å². The number of aliphatic hydroxyl groups excluding tert-OH is 1. The Kier molecular flexibility index (Phi) is 7.85. The summed E-state index contributed by atoms with van der Waals surface area (Å²) in [7, 11) is 1.58. The summed E-state index contributed by atoms with van der Waals surface area (Å²) in [6.07, 6.45) is 3.24. The summed E-state index contributed by atoms with van der Waals surface area (Å²) in [6, 6.07) is 14.5. The SMILES string of the molecule is CCOC(=O)Cc1ccc(N2C(=O)C(=O)/C(=C(\O)c3ccc(OC)c(C(C)(C)C)c3)C2c2ccncc2)cc1. The minimum absolute atomic E-state index is 0.0215. The number of amides is 1. The van der Waals surface area contributed by atoms with Crippen molar-refractivity contribution in [1.29, 1.82) is 0 Å². The molecule has 1 aliphatic rings. The summed E-state index contributed by atoms with van der Waals surface area (Å²) in [5.41, 5.74) is 2.71. The number of nitrogens with zero attached hydrogens (tertiary/aromatic N) is 2. The van der Waals surface area contributed by atoms with Crippen LogP contribution in [-0.4, -0.2) is 41.5 Å². The Hall–Kier alpha value is -4.46. The standard InChI is InChI=1S/C31H32N2O6/c1-6-39-25(34)17-19-7-10-22(11-8-19)33-27(20-13-15-32-16-14-20)26(29(36)30(33)37)28(35)21-9-12-24(38-5)23(18-21)31(2,3)4/h7-16,18,27,35H,6,17H2,1-5H3/b28-26-. The van der Waals surface area contributed by atoms with E-state index in [1.807, 2.05) is 20.8 Å². The summed E-state index contributed by atoms with van der Waals surface area (Å²) < 4.78 is 10.5. The van der Waals surface area contributed by atoms with Crippen LogP contribution < -0.4 is 9.64 Å². The first kappa shape index (κ1) is 27.6. The van der Waals surface area contributed by atoms with Crippen LogP contribution in [0, 0.1) is 0 Å². The van der Waals surface area contributed by atoms with Gasteiger partial charge in [0.05, 0.1) is 31.8 Å². The van der Waals surface area contributed by atoms with E-state index in [0.29, 0.717) is 34.7 Å². The van der Waals surface area contributed by atoms with Crippen LogP contribution in [0.15, 0.2) is 72.6 Å². The number of carbonyl (C=O) groups is 3. The lowest BCUT2D eigenvalue weighted by Crippen LogP contribution is -2.29. The van der Waals surface area contributed by atoms with E-state index < -0.39 is 17.7 Å². The van der Waals surface area contributed by atoms with Crippen LogP contribution in [0.4, 0.5) is 5.69 Å². The van der Waals surface area contributed by atoms with Crippen molar-refractivity contribution in [3.63, 3.8) is 0 Å². The molecule has 2 heterocycles. The number of pyridine rings is 1. The molecule has 0 radical (unpaired) electrons. The fraction of sp³-hybridized carbons (Fsp3) is 0.290. The Morgan fingerprint density at radius 2 is 1.69 bits per heavy atom. The third kappa shape index (κ3) is 5.55. The van der Waals surface area contributed by atoms with E-state index in [4.69, 9.17) is 9.47 Å². The maximum absolute atomic E-state index is 13.5. The van der Waals surface area contributed by atoms with E-state index >= 15 is 0 Å². The molecule has 1 fully saturated rings. The number of hydrogen-bond acceptors (Lipinski definition) is 7. The first-order valence-corrected chi connectivity index (χ1v) is 12.7. The van der Waals surface area contributed by atoms with Crippen molar-refractivity contribution < 1.29 is 29.0 Å². The lowest BCUT2D eigenvalue weighted by molar-refractivity contribution is -0.142. The van der Waals surface area contributed by atoms with E-state index in [9.17, 15) is 19.5 Å². The summed E-state index contributed by atoms with van der Waals surface area (Å²) >= 11 is 0. The lowest BCUT2D eigenvalue weighted by atomic mass is 9.84. The van der Waals surface area contributed by atoms with E-state index in [1.165, 1.54) is 4.90 Å². The summed E-state index contributed by atoms with van der Waals surface area (Å²) in [5, 5.41) is 11.5. The summed E-state index contributed by atoms with van der Waals surface area (Å²) in [4.78, 5) is 44.2. The Labute approximate surface area is 227 Å². The molecule has 1 aliphatic heterocycles. The molecular weight excluding hydrogens is 496 g/mol. The topological polar surface area (TPSA) is 106 Å². The number of esters is 1. The monoisotopic (exact) mass is 528 g/mol. The Morgan fingerprint density at radius 3 is 2.28 bits per heavy atom. The van der Waals surface area contributed by atoms with Gasteiger partial charge >= 0.3 is 5.97 Å². The molecule has 1 aromatic heterocycles. The molecule has 8 nitrogen and oxygen atoms in total. The summed E-state index contributed by atoms with van der Waals surface area (Å²) in [5.74, 6) is -1.52. The van der Waals surface area contributed by atoms with Gasteiger partial charge in [-0.3, -0.25) is 24.3 Å². The van der Waals surface area contributed by atoms with Gasteiger partial charge in [0.1, 0.15) is 11.5 Å². The maximum Gasteiger partial charge on any atom is 0.310 e. The largest absolute Gasteiger partial charge is 0.507 e. The predicted molar refractivity (Wildman–Crippen MR) is 147 cm³/mol. The minimum Gasteiger partial charge on any atom is -0.507 e. The Morgan fingerprint density at radius 1 is 1.03 bits per heavy atom. The van der Waals surface area contributed by atoms with Crippen LogP contribution in [0.5, 0.6) is 5.75 Å². The zero-order valence-electron chi connectivity index (χ0n) is 22.7. The van der Waals surface area contributed by atoms with Crippen LogP contribution in [0.3, 0.4) is 0 Å². The molecule has 202 valence electrons. The molecule has 0 bridgehead atoms. The van der Waals surface area contributed by atoms with Crippen LogP contribution in [-0.2, 0) is 31.0 Å². The molecule has 0 aliphatic carbocycles. The van der Waals surface area contributed by atoms with Crippen molar-refractivity contribution in [1.82, 2.24) is 4.98 Å². The minimum atomic E-state index is -0.885. The molecular formula is C31H32N2O6. The molecule has 1 unspecified atom stereocenters. The highest BCUT2D eigenvalue weighted by molar-refractivity contribution is 6.51. The zero-order valence-corrected chi connectivity index (χ0v) is 22.7. The van der Waals surface area contributed by atoms with Crippen molar-refractivity contribution >= 4 is 29.1 Å². The molecule has 0 spiro atoms. The number of hydrogen-bond donors (Lipinski definition) is 1. The highest BCUT2D eigenvalue weighted by atomic mass is 16.5. The second-order valence-electron chi connectivity index (χ2n) is 10.3. The predicted octanol–water partition coefficient (Wildman–Crippen LogP) is 5.12. The molecule has 0 saturated carbocycles. The number of aliphatic hydroxyl groups is 1. The van der Waals surface area contributed by atoms with E-state index in [-0.39, 0.29) is 29.1 Å². The second kappa shape index (κ2) is 11.1. The second-order valence-corrected chi connectivity index (χ2v) is 10.3. The van der Waals surface area contributed by atoms with Gasteiger partial charge in [0.2, 0.25) is 0 Å². The number of Topliss-reactive ketones (excluding diaryl/α,β-unsaturated/α-hetero) is 1. The van der Waals surface area contributed by atoms with E-state index in [0.717, 1.165) is 5.56 Å². The van der Waals surface area contributed by atoms with E-state index in [2.05, 4.69) is 4.98 Å². The van der Waals surface area contributed by atoms with Crippen LogP contribution in [0.2, 0.25) is 0 Å². The van der Waals surface area contributed by atoms with Gasteiger partial charge in [-0.05, 0) is 65.9 Å². The molecule has 1 amide bonds. The van der Waals surface area contributed by atoms with Crippen molar-refractivity contribution in [2.45, 2.75) is 45.6 Å². The normalized spacial score (nSPS) is 16.8. The molecule has 4 rings (SSSR count). The molecule has 8 heteroatoms. The maximum atomic E-state index is 13.5. The van der Waals surface area contributed by atoms with Crippen molar-refractivity contribution in [3.05, 3.63) is 94.8 Å². The summed E-state index contributed by atoms with van der Waals surface area (Å²) in [6.45, 7) is 8.11. The number of methoxy groups -OCH3 is 1. The molecule has 39 heavy (non-hydrogen) atoms. The zero-order chi connectivity index (χ0) is 28.3. The molecule has 1 atom stereocenters. The molecule has 2 aromatic carbocycles. The van der Waals surface area contributed by atoms with Gasteiger partial charge in [-0.1, -0.05) is 32.9 Å². The van der Waals surface area contributed by atoms with Crippen molar-refractivity contribution in [2.75, 3.05) is 18.6 Å². The van der Waals surface area contributed by atoms with Gasteiger partial charge in [-0.15, -0.1) is 0 Å². The number of aromatic nitrogens is 1. The van der Waals surface area contributed by atoms with E-state index in [1.54, 1.807) is 81.0 Å². The third-order valence-electron chi connectivity index (χ3n) is 6.62. The van der Waals surface area contributed by atoms with Gasteiger partial charge in [0.25, 0.3) is 11.7 Å². The van der Waals surface area contributed by atoms with Crippen molar-refractivity contribution in [2.24, 2.45) is 0 Å². The number of rotatable bonds is 7. The van der Waals surface area contributed by atoms with Crippen LogP contribution in [0.25, 0.3) is 5.76 Å². The first-order chi connectivity index (χ1) is 18.6. The van der Waals surface area contributed by atoms with Crippen molar-refractivity contribution in [3.8, 4) is 5.75 Å². The quantitative estimate of drug-likeness (QED) is 0.196. The smallest absolute Gasteiger partial charge is 0.310 e. The third-order valence-corrected chi connectivity index (χ3v) is 6.62. The lowest BCUT2D eigenvalue weighted by Gasteiger charge is -2.26. The number of ether oxygens (including phenoxy) is 2. The highest BCUT2D eigenvalue weighted by Gasteiger charge is 2.47. The fourth-order valence-electron chi connectivity index (χ4n) is 4.71. The van der Waals surface area contributed by atoms with Gasteiger partial charge in [0.15, 0.2) is 0 Å². The molecule has 1 N–H and O–H groups in total. The van der Waals surface area contributed by atoms with Gasteiger partial charge in [-0.2, -0.15) is 0 Å². The average Bonchev–Trinajstić information content (AvgIpc) is 3.18. The van der Waals surface area contributed by atoms with Crippen LogP contribution in [0.1, 0.15) is 56.0 Å². The molecule has 3 aromatic rings. The first-order valence-electron chi connectivity index (χ1n) is 12.7. The fourth-order valence-corrected chi connectivity index (χ4v) is 4.71. The Balaban J connectivity index is 1.83. The number of benzene rings is 2. The van der Waals surface area contributed by atoms with Gasteiger partial charge in [-0.25, -0.2) is 0 Å². The highest BCUT2D eigenvalue weighted by Crippen LogP contribution is 2.43. The van der Waals surface area contributed by atoms with Crippen LogP contribution >= 0.6 is 0 Å². The average molecular weight is 529 g/mol. The Bertz CT molecular complexity index is 1420. The molecule has 1 saturated heterocycles.